The molecule has 1 unspecified atom stereocenters. The zero-order valence-electron chi connectivity index (χ0n) is 9.80. The Balaban J connectivity index is 2.19. The van der Waals surface area contributed by atoms with Gasteiger partial charge in [-0.05, 0) is 13.8 Å². The SMILES string of the molecule is CCOCC(C)Oc1nc(N)nc2nc[nH]c12. The number of nitrogens with two attached hydrogens (primary N) is 1. The summed E-state index contributed by atoms with van der Waals surface area (Å²) in [6.07, 6.45) is 1.41. The third kappa shape index (κ3) is 2.62. The number of anilines is 1. The molecule has 7 heteroatoms. The van der Waals surface area contributed by atoms with Gasteiger partial charge < -0.3 is 20.2 Å². The van der Waals surface area contributed by atoms with E-state index in [1.54, 1.807) is 0 Å². The summed E-state index contributed by atoms with van der Waals surface area (Å²) >= 11 is 0. The lowest BCUT2D eigenvalue weighted by molar-refractivity contribution is 0.0642. The van der Waals surface area contributed by atoms with Crippen LogP contribution < -0.4 is 10.5 Å². The quantitative estimate of drug-likeness (QED) is 0.795. The van der Waals surface area contributed by atoms with E-state index in [2.05, 4.69) is 19.9 Å². The van der Waals surface area contributed by atoms with E-state index in [1.807, 2.05) is 13.8 Å². The summed E-state index contributed by atoms with van der Waals surface area (Å²) in [5.41, 5.74) is 6.71. The fourth-order valence-corrected chi connectivity index (χ4v) is 1.42. The lowest BCUT2D eigenvalue weighted by Gasteiger charge is -2.13. The van der Waals surface area contributed by atoms with Crippen molar-refractivity contribution in [2.45, 2.75) is 20.0 Å². The Morgan fingerprint density at radius 1 is 1.47 bits per heavy atom. The lowest BCUT2D eigenvalue weighted by Crippen LogP contribution is -2.20. The van der Waals surface area contributed by atoms with E-state index in [9.17, 15) is 0 Å². The molecule has 0 aliphatic rings. The summed E-state index contributed by atoms with van der Waals surface area (Å²) in [6, 6.07) is 0. The van der Waals surface area contributed by atoms with Gasteiger partial charge in [-0.25, -0.2) is 4.98 Å². The summed E-state index contributed by atoms with van der Waals surface area (Å²) < 4.78 is 10.9. The number of ether oxygens (including phenoxy) is 2. The van der Waals surface area contributed by atoms with Gasteiger partial charge in [0.1, 0.15) is 11.6 Å². The number of hydrogen-bond acceptors (Lipinski definition) is 6. The van der Waals surface area contributed by atoms with Crippen molar-refractivity contribution >= 4 is 17.1 Å². The Hall–Kier alpha value is -1.89. The minimum Gasteiger partial charge on any atom is -0.471 e. The second-order valence-electron chi connectivity index (χ2n) is 3.58. The molecule has 2 heterocycles. The van der Waals surface area contributed by atoms with Crippen LogP contribution in [0.5, 0.6) is 5.88 Å². The Bertz CT molecular complexity index is 498. The summed E-state index contributed by atoms with van der Waals surface area (Å²) in [7, 11) is 0. The zero-order chi connectivity index (χ0) is 12.3. The molecule has 0 saturated carbocycles. The minimum atomic E-state index is -0.115. The molecule has 0 radical (unpaired) electrons. The van der Waals surface area contributed by atoms with Crippen molar-refractivity contribution in [2.75, 3.05) is 18.9 Å². The van der Waals surface area contributed by atoms with Crippen LogP contribution in [0.2, 0.25) is 0 Å². The molecular formula is C10H15N5O2. The first-order valence-electron chi connectivity index (χ1n) is 5.41. The monoisotopic (exact) mass is 237 g/mol. The van der Waals surface area contributed by atoms with Crippen LogP contribution >= 0.6 is 0 Å². The van der Waals surface area contributed by atoms with Gasteiger partial charge in [-0.2, -0.15) is 9.97 Å². The average Bonchev–Trinajstić information content (AvgIpc) is 2.74. The Labute approximate surface area is 98.4 Å². The predicted octanol–water partition coefficient (Wildman–Crippen LogP) is 0.739. The smallest absolute Gasteiger partial charge is 0.245 e. The molecule has 92 valence electrons. The molecule has 0 bridgehead atoms. The first-order chi connectivity index (χ1) is 8.20. The lowest BCUT2D eigenvalue weighted by atomic mass is 10.4. The molecule has 1 atom stereocenters. The van der Waals surface area contributed by atoms with Gasteiger partial charge in [-0.1, -0.05) is 0 Å². The summed E-state index contributed by atoms with van der Waals surface area (Å²) in [6.45, 7) is 4.98. The van der Waals surface area contributed by atoms with E-state index in [4.69, 9.17) is 15.2 Å². The summed E-state index contributed by atoms with van der Waals surface area (Å²) in [5, 5.41) is 0. The molecule has 0 aliphatic carbocycles. The number of H-pyrrole nitrogens is 1. The van der Waals surface area contributed by atoms with Gasteiger partial charge in [0.05, 0.1) is 12.9 Å². The van der Waals surface area contributed by atoms with Gasteiger partial charge in [0, 0.05) is 6.61 Å². The van der Waals surface area contributed by atoms with Crippen LogP contribution in [0.3, 0.4) is 0 Å². The van der Waals surface area contributed by atoms with Crippen molar-refractivity contribution in [1.82, 2.24) is 19.9 Å². The van der Waals surface area contributed by atoms with Crippen LogP contribution in [0.25, 0.3) is 11.2 Å². The van der Waals surface area contributed by atoms with Crippen molar-refractivity contribution in [3.63, 3.8) is 0 Å². The molecule has 0 spiro atoms. The fraction of sp³-hybridized carbons (Fsp3) is 0.500. The number of nitrogen functional groups attached to an aromatic ring is 1. The second kappa shape index (κ2) is 4.96. The first kappa shape index (κ1) is 11.6. The maximum atomic E-state index is 5.64. The molecule has 17 heavy (non-hydrogen) atoms. The highest BCUT2D eigenvalue weighted by Crippen LogP contribution is 2.20. The topological polar surface area (TPSA) is 98.9 Å². The molecule has 2 aromatic heterocycles. The molecular weight excluding hydrogens is 222 g/mol. The third-order valence-corrected chi connectivity index (χ3v) is 2.14. The number of aromatic nitrogens is 4. The minimum absolute atomic E-state index is 0.115. The second-order valence-corrected chi connectivity index (χ2v) is 3.58. The number of rotatable bonds is 5. The molecule has 0 aromatic carbocycles. The molecule has 0 saturated heterocycles. The number of imidazole rings is 1. The number of hydrogen-bond donors (Lipinski definition) is 2. The number of fused-ring (bicyclic) bond motifs is 1. The molecule has 0 fully saturated rings. The van der Waals surface area contributed by atoms with Gasteiger partial charge in [-0.15, -0.1) is 0 Å². The highest BCUT2D eigenvalue weighted by atomic mass is 16.5. The highest BCUT2D eigenvalue weighted by molar-refractivity contribution is 5.76. The van der Waals surface area contributed by atoms with Crippen LogP contribution in [0, 0.1) is 0 Å². The molecule has 7 nitrogen and oxygen atoms in total. The number of nitrogens with zero attached hydrogens (tertiary/aromatic N) is 3. The van der Waals surface area contributed by atoms with Gasteiger partial charge in [0.25, 0.3) is 0 Å². The van der Waals surface area contributed by atoms with Gasteiger partial charge in [-0.3, -0.25) is 0 Å². The number of aromatic amines is 1. The Kier molecular flexibility index (Phi) is 3.38. The summed E-state index contributed by atoms with van der Waals surface area (Å²) in [4.78, 5) is 14.9. The van der Waals surface area contributed by atoms with E-state index in [0.717, 1.165) is 0 Å². The van der Waals surface area contributed by atoms with Crippen molar-refractivity contribution in [3.8, 4) is 5.88 Å². The largest absolute Gasteiger partial charge is 0.471 e. The standard InChI is InChI=1S/C10H15N5O2/c1-3-16-4-6(2)17-9-7-8(13-5-12-7)14-10(11)15-9/h5-6H,3-4H2,1-2H3,(H3,11,12,13,14,15). The van der Waals surface area contributed by atoms with Crippen LogP contribution in [-0.2, 0) is 4.74 Å². The molecule has 2 aromatic rings. The highest BCUT2D eigenvalue weighted by Gasteiger charge is 2.12. The molecule has 3 N–H and O–H groups in total. The van der Waals surface area contributed by atoms with Gasteiger partial charge in [0.2, 0.25) is 11.8 Å². The molecule has 2 rings (SSSR count). The van der Waals surface area contributed by atoms with E-state index < -0.39 is 0 Å². The third-order valence-electron chi connectivity index (χ3n) is 2.14. The summed E-state index contributed by atoms with van der Waals surface area (Å²) in [5.74, 6) is 0.542. The molecule has 0 amide bonds. The van der Waals surface area contributed by atoms with Crippen molar-refractivity contribution in [2.24, 2.45) is 0 Å². The van der Waals surface area contributed by atoms with Crippen LogP contribution in [0.4, 0.5) is 5.95 Å². The maximum Gasteiger partial charge on any atom is 0.245 e. The van der Waals surface area contributed by atoms with Crippen molar-refractivity contribution in [1.29, 1.82) is 0 Å². The van der Waals surface area contributed by atoms with E-state index in [-0.39, 0.29) is 12.1 Å². The van der Waals surface area contributed by atoms with Gasteiger partial charge >= 0.3 is 0 Å². The van der Waals surface area contributed by atoms with Crippen molar-refractivity contribution < 1.29 is 9.47 Å². The van der Waals surface area contributed by atoms with Crippen molar-refractivity contribution in [3.05, 3.63) is 6.33 Å². The maximum absolute atomic E-state index is 5.64. The Morgan fingerprint density at radius 3 is 3.06 bits per heavy atom. The average molecular weight is 237 g/mol. The normalized spacial score (nSPS) is 12.8. The van der Waals surface area contributed by atoms with Crippen LogP contribution in [0.1, 0.15) is 13.8 Å². The Morgan fingerprint density at radius 2 is 2.29 bits per heavy atom. The zero-order valence-corrected chi connectivity index (χ0v) is 9.80. The van der Waals surface area contributed by atoms with E-state index in [0.29, 0.717) is 30.3 Å². The van der Waals surface area contributed by atoms with E-state index in [1.165, 1.54) is 6.33 Å². The van der Waals surface area contributed by atoms with Gasteiger partial charge in [0.15, 0.2) is 5.65 Å². The van der Waals surface area contributed by atoms with Crippen LogP contribution in [-0.4, -0.2) is 39.3 Å². The van der Waals surface area contributed by atoms with Crippen LogP contribution in [0.15, 0.2) is 6.33 Å². The predicted molar refractivity (Wildman–Crippen MR) is 62.7 cm³/mol. The number of nitrogens with one attached hydrogen (secondary N) is 1. The fourth-order valence-electron chi connectivity index (χ4n) is 1.42. The van der Waals surface area contributed by atoms with E-state index >= 15 is 0 Å². The molecule has 0 aliphatic heterocycles. The first-order valence-corrected chi connectivity index (χ1v) is 5.41.